The van der Waals surface area contributed by atoms with E-state index in [1.807, 2.05) is 36.0 Å². The van der Waals surface area contributed by atoms with E-state index in [4.69, 9.17) is 9.47 Å². The third kappa shape index (κ3) is 2.81. The maximum absolute atomic E-state index is 5.94. The standard InChI is InChI=1S/C12H16O2S/c1-13-11-4-2-3-5-12(11)14-10-6-8-15-9-7-10/h2-5,10H,6-9H2,1H3. The maximum Gasteiger partial charge on any atom is 0.161 e. The molecule has 0 amide bonds. The smallest absolute Gasteiger partial charge is 0.161 e. The van der Waals surface area contributed by atoms with E-state index in [-0.39, 0.29) is 0 Å². The first-order chi connectivity index (χ1) is 7.40. The van der Waals surface area contributed by atoms with E-state index in [0.29, 0.717) is 6.10 Å². The van der Waals surface area contributed by atoms with Crippen LogP contribution in [0.2, 0.25) is 0 Å². The molecule has 82 valence electrons. The quantitative estimate of drug-likeness (QED) is 0.786. The van der Waals surface area contributed by atoms with Gasteiger partial charge in [0.25, 0.3) is 0 Å². The highest BCUT2D eigenvalue weighted by molar-refractivity contribution is 7.99. The molecule has 0 aliphatic carbocycles. The summed E-state index contributed by atoms with van der Waals surface area (Å²) in [5, 5.41) is 0. The highest BCUT2D eigenvalue weighted by Crippen LogP contribution is 2.29. The molecular formula is C12H16O2S. The van der Waals surface area contributed by atoms with Crippen molar-refractivity contribution in [2.24, 2.45) is 0 Å². The lowest BCUT2D eigenvalue weighted by Crippen LogP contribution is -2.22. The lowest BCUT2D eigenvalue weighted by Gasteiger charge is -2.23. The Bertz CT molecular complexity index is 308. The molecule has 15 heavy (non-hydrogen) atoms. The largest absolute Gasteiger partial charge is 0.493 e. The van der Waals surface area contributed by atoms with Gasteiger partial charge in [0.15, 0.2) is 11.5 Å². The van der Waals surface area contributed by atoms with Crippen molar-refractivity contribution in [3.8, 4) is 11.5 Å². The third-order valence-corrected chi connectivity index (χ3v) is 3.58. The monoisotopic (exact) mass is 224 g/mol. The third-order valence-electron chi connectivity index (χ3n) is 2.53. The Morgan fingerprint density at radius 1 is 1.13 bits per heavy atom. The van der Waals surface area contributed by atoms with Crippen molar-refractivity contribution in [3.63, 3.8) is 0 Å². The van der Waals surface area contributed by atoms with Crippen LogP contribution in [-0.2, 0) is 0 Å². The van der Waals surface area contributed by atoms with Crippen LogP contribution < -0.4 is 9.47 Å². The van der Waals surface area contributed by atoms with E-state index in [9.17, 15) is 0 Å². The first-order valence-corrected chi connectivity index (χ1v) is 6.43. The SMILES string of the molecule is COc1ccccc1OC1CCSCC1. The van der Waals surface area contributed by atoms with Gasteiger partial charge in [-0.15, -0.1) is 0 Å². The highest BCUT2D eigenvalue weighted by Gasteiger charge is 2.16. The predicted octanol–water partition coefficient (Wildman–Crippen LogP) is 2.97. The van der Waals surface area contributed by atoms with Gasteiger partial charge in [0.05, 0.1) is 7.11 Å². The van der Waals surface area contributed by atoms with Crippen LogP contribution in [0.1, 0.15) is 12.8 Å². The molecule has 1 saturated heterocycles. The second kappa shape index (κ2) is 5.31. The Morgan fingerprint density at radius 3 is 2.47 bits per heavy atom. The van der Waals surface area contributed by atoms with Gasteiger partial charge in [-0.1, -0.05) is 12.1 Å². The van der Waals surface area contributed by atoms with Crippen molar-refractivity contribution >= 4 is 11.8 Å². The summed E-state index contributed by atoms with van der Waals surface area (Å²) >= 11 is 2.01. The second-order valence-corrected chi connectivity index (χ2v) is 4.81. The molecule has 1 aliphatic rings. The first kappa shape index (κ1) is 10.7. The van der Waals surface area contributed by atoms with Crippen molar-refractivity contribution in [3.05, 3.63) is 24.3 Å². The van der Waals surface area contributed by atoms with Crippen molar-refractivity contribution in [1.82, 2.24) is 0 Å². The Hall–Kier alpha value is -0.830. The molecule has 0 saturated carbocycles. The summed E-state index contributed by atoms with van der Waals surface area (Å²) in [6, 6.07) is 7.85. The second-order valence-electron chi connectivity index (χ2n) is 3.58. The lowest BCUT2D eigenvalue weighted by atomic mass is 10.2. The topological polar surface area (TPSA) is 18.5 Å². The summed E-state index contributed by atoms with van der Waals surface area (Å²) in [6.45, 7) is 0. The molecule has 2 nitrogen and oxygen atoms in total. The molecule has 0 spiro atoms. The molecule has 0 N–H and O–H groups in total. The summed E-state index contributed by atoms with van der Waals surface area (Å²) < 4.78 is 11.2. The van der Waals surface area contributed by atoms with Crippen LogP contribution in [0.15, 0.2) is 24.3 Å². The molecular weight excluding hydrogens is 208 g/mol. The summed E-state index contributed by atoms with van der Waals surface area (Å²) in [5.74, 6) is 4.12. The van der Waals surface area contributed by atoms with Gasteiger partial charge in [-0.3, -0.25) is 0 Å². The fraction of sp³-hybridized carbons (Fsp3) is 0.500. The summed E-state index contributed by atoms with van der Waals surface area (Å²) in [7, 11) is 1.68. The van der Waals surface area contributed by atoms with E-state index in [2.05, 4.69) is 0 Å². The van der Waals surface area contributed by atoms with Crippen LogP contribution in [0.4, 0.5) is 0 Å². The van der Waals surface area contributed by atoms with E-state index in [0.717, 1.165) is 24.3 Å². The van der Waals surface area contributed by atoms with Crippen LogP contribution in [0, 0.1) is 0 Å². The number of thioether (sulfide) groups is 1. The summed E-state index contributed by atoms with van der Waals surface area (Å²) in [5.41, 5.74) is 0. The zero-order valence-corrected chi connectivity index (χ0v) is 9.76. The number of hydrogen-bond acceptors (Lipinski definition) is 3. The Morgan fingerprint density at radius 2 is 1.80 bits per heavy atom. The molecule has 1 aliphatic heterocycles. The number of ether oxygens (including phenoxy) is 2. The van der Waals surface area contributed by atoms with E-state index >= 15 is 0 Å². The highest BCUT2D eigenvalue weighted by atomic mass is 32.2. The molecule has 0 unspecified atom stereocenters. The first-order valence-electron chi connectivity index (χ1n) is 5.27. The van der Waals surface area contributed by atoms with Gasteiger partial charge in [-0.05, 0) is 36.5 Å². The molecule has 0 bridgehead atoms. The molecule has 3 heteroatoms. The number of methoxy groups -OCH3 is 1. The van der Waals surface area contributed by atoms with Crippen LogP contribution >= 0.6 is 11.8 Å². The number of benzene rings is 1. The molecule has 0 radical (unpaired) electrons. The Balaban J connectivity index is 2.02. The predicted molar refractivity (Wildman–Crippen MR) is 64.0 cm³/mol. The van der Waals surface area contributed by atoms with E-state index in [1.54, 1.807) is 7.11 Å². The fourth-order valence-electron chi connectivity index (χ4n) is 1.69. The van der Waals surface area contributed by atoms with Gasteiger partial charge in [0, 0.05) is 0 Å². The van der Waals surface area contributed by atoms with Crippen LogP contribution in [0.3, 0.4) is 0 Å². The summed E-state index contributed by atoms with van der Waals surface area (Å²) in [6.07, 6.45) is 2.65. The average molecular weight is 224 g/mol. The van der Waals surface area contributed by atoms with Crippen molar-refractivity contribution < 1.29 is 9.47 Å². The molecule has 2 rings (SSSR count). The molecule has 1 heterocycles. The van der Waals surface area contributed by atoms with E-state index in [1.165, 1.54) is 11.5 Å². The van der Waals surface area contributed by atoms with Gasteiger partial charge < -0.3 is 9.47 Å². The van der Waals surface area contributed by atoms with Gasteiger partial charge in [0.1, 0.15) is 6.10 Å². The zero-order chi connectivity index (χ0) is 10.5. The Kier molecular flexibility index (Phi) is 3.78. The minimum absolute atomic E-state index is 0.363. The average Bonchev–Trinajstić information content (AvgIpc) is 2.31. The van der Waals surface area contributed by atoms with Gasteiger partial charge in [0.2, 0.25) is 0 Å². The number of hydrogen-bond donors (Lipinski definition) is 0. The number of rotatable bonds is 3. The molecule has 0 atom stereocenters. The summed E-state index contributed by atoms with van der Waals surface area (Å²) in [4.78, 5) is 0. The zero-order valence-electron chi connectivity index (χ0n) is 8.94. The van der Waals surface area contributed by atoms with Gasteiger partial charge in [-0.25, -0.2) is 0 Å². The minimum Gasteiger partial charge on any atom is -0.493 e. The van der Waals surface area contributed by atoms with Crippen LogP contribution in [0.25, 0.3) is 0 Å². The lowest BCUT2D eigenvalue weighted by molar-refractivity contribution is 0.184. The minimum atomic E-state index is 0.363. The van der Waals surface area contributed by atoms with Crippen LogP contribution in [0.5, 0.6) is 11.5 Å². The molecule has 1 fully saturated rings. The van der Waals surface area contributed by atoms with E-state index < -0.39 is 0 Å². The maximum atomic E-state index is 5.94. The van der Waals surface area contributed by atoms with Gasteiger partial charge >= 0.3 is 0 Å². The molecule has 1 aromatic rings. The van der Waals surface area contributed by atoms with Crippen molar-refractivity contribution in [2.75, 3.05) is 18.6 Å². The van der Waals surface area contributed by atoms with Gasteiger partial charge in [-0.2, -0.15) is 11.8 Å². The molecule has 1 aromatic carbocycles. The molecule has 0 aromatic heterocycles. The normalized spacial score (nSPS) is 17.4. The van der Waals surface area contributed by atoms with Crippen molar-refractivity contribution in [2.45, 2.75) is 18.9 Å². The Labute approximate surface area is 95.0 Å². The fourth-order valence-corrected chi connectivity index (χ4v) is 2.75. The van der Waals surface area contributed by atoms with Crippen LogP contribution in [-0.4, -0.2) is 24.7 Å². The van der Waals surface area contributed by atoms with Crippen molar-refractivity contribution in [1.29, 1.82) is 0 Å². The number of para-hydroxylation sites is 2.